The Kier molecular flexibility index (Phi) is 3.82. The zero-order valence-electron chi connectivity index (χ0n) is 8.36. The third kappa shape index (κ3) is 2.74. The highest BCUT2D eigenvalue weighted by atomic mass is 35.5. The predicted molar refractivity (Wildman–Crippen MR) is 69.2 cm³/mol. The normalized spacial score (nSPS) is 12.7. The molecule has 0 saturated heterocycles. The van der Waals surface area contributed by atoms with E-state index in [1.807, 2.05) is 12.3 Å². The fraction of sp³-hybridized carbons (Fsp3) is 0.182. The Hall–Kier alpha value is -0.610. The molecule has 0 amide bonds. The standard InChI is InChI=1S/C11H10Cl2N2S/c12-7-1-2-10(13)9(3-7)11(14)4-8-5-15-6-16-8/h1-3,5-6,11H,4,14H2. The van der Waals surface area contributed by atoms with Crippen molar-refractivity contribution in [2.75, 3.05) is 0 Å². The molecule has 0 fully saturated rings. The number of rotatable bonds is 3. The summed E-state index contributed by atoms with van der Waals surface area (Å²) in [6, 6.07) is 5.19. The molecule has 0 radical (unpaired) electrons. The van der Waals surface area contributed by atoms with E-state index in [0.717, 1.165) is 16.9 Å². The second-order valence-electron chi connectivity index (χ2n) is 3.44. The van der Waals surface area contributed by atoms with Gasteiger partial charge in [0.05, 0.1) is 5.51 Å². The van der Waals surface area contributed by atoms with Crippen LogP contribution < -0.4 is 5.73 Å². The quantitative estimate of drug-likeness (QED) is 0.926. The molecule has 0 aliphatic heterocycles. The number of hydrogen-bond acceptors (Lipinski definition) is 3. The number of nitrogens with zero attached hydrogens (tertiary/aromatic N) is 1. The molecule has 2 N–H and O–H groups in total. The second-order valence-corrected chi connectivity index (χ2v) is 5.26. The monoisotopic (exact) mass is 272 g/mol. The Morgan fingerprint density at radius 1 is 1.38 bits per heavy atom. The van der Waals surface area contributed by atoms with Crippen LogP contribution in [-0.2, 0) is 6.42 Å². The fourth-order valence-corrected chi connectivity index (χ4v) is 2.56. The van der Waals surface area contributed by atoms with Crippen molar-refractivity contribution in [3.05, 3.63) is 50.4 Å². The molecule has 0 saturated carbocycles. The minimum absolute atomic E-state index is 0.147. The number of aromatic nitrogens is 1. The average molecular weight is 273 g/mol. The summed E-state index contributed by atoms with van der Waals surface area (Å²) >= 11 is 13.6. The predicted octanol–water partition coefficient (Wildman–Crippen LogP) is 3.69. The molecule has 1 unspecified atom stereocenters. The van der Waals surface area contributed by atoms with Crippen LogP contribution in [0.3, 0.4) is 0 Å². The number of nitrogens with two attached hydrogens (primary N) is 1. The van der Waals surface area contributed by atoms with Gasteiger partial charge in [-0.2, -0.15) is 0 Å². The van der Waals surface area contributed by atoms with Crippen LogP contribution in [0.1, 0.15) is 16.5 Å². The molecule has 0 aliphatic carbocycles. The largest absolute Gasteiger partial charge is 0.324 e. The van der Waals surface area contributed by atoms with E-state index < -0.39 is 0 Å². The van der Waals surface area contributed by atoms with E-state index in [-0.39, 0.29) is 6.04 Å². The van der Waals surface area contributed by atoms with Crippen LogP contribution in [0.25, 0.3) is 0 Å². The highest BCUT2D eigenvalue weighted by Gasteiger charge is 2.12. The maximum Gasteiger partial charge on any atom is 0.0794 e. The number of benzene rings is 1. The summed E-state index contributed by atoms with van der Waals surface area (Å²) in [5.74, 6) is 0. The van der Waals surface area contributed by atoms with Gasteiger partial charge in [0.25, 0.3) is 0 Å². The van der Waals surface area contributed by atoms with Crippen molar-refractivity contribution < 1.29 is 0 Å². The first-order chi connectivity index (χ1) is 7.66. The van der Waals surface area contributed by atoms with Gasteiger partial charge >= 0.3 is 0 Å². The van der Waals surface area contributed by atoms with E-state index in [2.05, 4.69) is 4.98 Å². The van der Waals surface area contributed by atoms with E-state index in [4.69, 9.17) is 28.9 Å². The average Bonchev–Trinajstić information content (AvgIpc) is 2.74. The summed E-state index contributed by atoms with van der Waals surface area (Å²) in [4.78, 5) is 5.15. The van der Waals surface area contributed by atoms with Gasteiger partial charge in [-0.15, -0.1) is 11.3 Å². The van der Waals surface area contributed by atoms with E-state index in [1.54, 1.807) is 29.0 Å². The van der Waals surface area contributed by atoms with Crippen LogP contribution in [0.5, 0.6) is 0 Å². The summed E-state index contributed by atoms with van der Waals surface area (Å²) < 4.78 is 0. The summed E-state index contributed by atoms with van der Waals surface area (Å²) in [7, 11) is 0. The van der Waals surface area contributed by atoms with Crippen molar-refractivity contribution >= 4 is 34.5 Å². The Balaban J connectivity index is 2.20. The maximum absolute atomic E-state index is 6.09. The highest BCUT2D eigenvalue weighted by Crippen LogP contribution is 2.27. The van der Waals surface area contributed by atoms with E-state index in [1.165, 1.54) is 0 Å². The van der Waals surface area contributed by atoms with Crippen LogP contribution in [0, 0.1) is 0 Å². The van der Waals surface area contributed by atoms with Crippen molar-refractivity contribution in [2.45, 2.75) is 12.5 Å². The lowest BCUT2D eigenvalue weighted by molar-refractivity contribution is 0.729. The van der Waals surface area contributed by atoms with Gasteiger partial charge in [-0.25, -0.2) is 0 Å². The minimum atomic E-state index is -0.147. The molecule has 2 aromatic rings. The van der Waals surface area contributed by atoms with Crippen molar-refractivity contribution in [3.8, 4) is 0 Å². The molecule has 2 rings (SSSR count). The number of thiazole rings is 1. The van der Waals surface area contributed by atoms with Gasteiger partial charge in [-0.05, 0) is 23.8 Å². The van der Waals surface area contributed by atoms with Crippen molar-refractivity contribution in [2.24, 2.45) is 5.73 Å². The van der Waals surface area contributed by atoms with Crippen molar-refractivity contribution in [3.63, 3.8) is 0 Å². The molecule has 2 nitrogen and oxygen atoms in total. The summed E-state index contributed by atoms with van der Waals surface area (Å²) in [5.41, 5.74) is 8.76. The Morgan fingerprint density at radius 2 is 2.19 bits per heavy atom. The van der Waals surface area contributed by atoms with E-state index in [9.17, 15) is 0 Å². The molecular formula is C11H10Cl2N2S. The molecular weight excluding hydrogens is 263 g/mol. The van der Waals surface area contributed by atoms with E-state index in [0.29, 0.717) is 10.0 Å². The lowest BCUT2D eigenvalue weighted by atomic mass is 10.0. The van der Waals surface area contributed by atoms with Gasteiger partial charge in [0.2, 0.25) is 0 Å². The lowest BCUT2D eigenvalue weighted by Gasteiger charge is -2.12. The first kappa shape index (κ1) is 11.9. The van der Waals surface area contributed by atoms with Gasteiger partial charge in [0, 0.05) is 33.6 Å². The summed E-state index contributed by atoms with van der Waals surface area (Å²) in [6.45, 7) is 0. The Morgan fingerprint density at radius 3 is 2.88 bits per heavy atom. The molecule has 0 bridgehead atoms. The van der Waals surface area contributed by atoms with Crippen LogP contribution in [-0.4, -0.2) is 4.98 Å². The van der Waals surface area contributed by atoms with Crippen LogP contribution in [0.15, 0.2) is 29.9 Å². The van der Waals surface area contributed by atoms with Crippen molar-refractivity contribution in [1.29, 1.82) is 0 Å². The third-order valence-corrected chi connectivity index (χ3v) is 3.64. The second kappa shape index (κ2) is 5.15. The van der Waals surface area contributed by atoms with Gasteiger partial charge in [-0.1, -0.05) is 23.2 Å². The molecule has 16 heavy (non-hydrogen) atoms. The van der Waals surface area contributed by atoms with Gasteiger partial charge in [0.1, 0.15) is 0 Å². The molecule has 1 heterocycles. The number of hydrogen-bond donors (Lipinski definition) is 1. The first-order valence-electron chi connectivity index (χ1n) is 4.74. The van der Waals surface area contributed by atoms with Gasteiger partial charge < -0.3 is 5.73 Å². The highest BCUT2D eigenvalue weighted by molar-refractivity contribution is 7.09. The molecule has 5 heteroatoms. The summed E-state index contributed by atoms with van der Waals surface area (Å²) in [5, 5.41) is 1.31. The fourth-order valence-electron chi connectivity index (χ4n) is 1.47. The molecule has 0 spiro atoms. The molecule has 1 aromatic carbocycles. The zero-order valence-corrected chi connectivity index (χ0v) is 10.7. The lowest BCUT2D eigenvalue weighted by Crippen LogP contribution is -2.13. The summed E-state index contributed by atoms with van der Waals surface area (Å²) in [6.07, 6.45) is 2.55. The molecule has 84 valence electrons. The van der Waals surface area contributed by atoms with Gasteiger partial charge in [0.15, 0.2) is 0 Å². The van der Waals surface area contributed by atoms with Crippen LogP contribution in [0.2, 0.25) is 10.0 Å². The van der Waals surface area contributed by atoms with Crippen LogP contribution in [0.4, 0.5) is 0 Å². The minimum Gasteiger partial charge on any atom is -0.324 e. The molecule has 1 aromatic heterocycles. The Bertz CT molecular complexity index is 471. The van der Waals surface area contributed by atoms with E-state index >= 15 is 0 Å². The van der Waals surface area contributed by atoms with Crippen LogP contribution >= 0.6 is 34.5 Å². The SMILES string of the molecule is NC(Cc1cncs1)c1cc(Cl)ccc1Cl. The maximum atomic E-state index is 6.09. The molecule has 0 aliphatic rings. The topological polar surface area (TPSA) is 38.9 Å². The third-order valence-electron chi connectivity index (χ3n) is 2.26. The number of halogens is 2. The van der Waals surface area contributed by atoms with Gasteiger partial charge in [-0.3, -0.25) is 4.98 Å². The molecule has 1 atom stereocenters. The van der Waals surface area contributed by atoms with Crippen molar-refractivity contribution in [1.82, 2.24) is 4.98 Å². The smallest absolute Gasteiger partial charge is 0.0794 e. The zero-order chi connectivity index (χ0) is 11.5. The first-order valence-corrected chi connectivity index (χ1v) is 6.38. The Labute approximate surface area is 108 Å².